The van der Waals surface area contributed by atoms with E-state index in [1.165, 1.54) is 31.2 Å². The van der Waals surface area contributed by atoms with Gasteiger partial charge in [-0.05, 0) is 37.7 Å². The van der Waals surface area contributed by atoms with E-state index in [2.05, 4.69) is 18.2 Å². The SMILES string of the molecule is NC(C1CCOC2(CCCC2)C1)C1COc2ccccc21. The van der Waals surface area contributed by atoms with Crippen LogP contribution in [0.3, 0.4) is 0 Å². The van der Waals surface area contributed by atoms with Crippen LogP contribution in [0.5, 0.6) is 5.75 Å². The van der Waals surface area contributed by atoms with E-state index in [1.807, 2.05) is 6.07 Å². The zero-order valence-corrected chi connectivity index (χ0v) is 12.6. The smallest absolute Gasteiger partial charge is 0.122 e. The van der Waals surface area contributed by atoms with Crippen LogP contribution in [-0.2, 0) is 4.74 Å². The van der Waals surface area contributed by atoms with Crippen molar-refractivity contribution >= 4 is 0 Å². The molecule has 4 rings (SSSR count). The van der Waals surface area contributed by atoms with Crippen LogP contribution in [0.2, 0.25) is 0 Å². The highest BCUT2D eigenvalue weighted by molar-refractivity contribution is 5.40. The van der Waals surface area contributed by atoms with E-state index < -0.39 is 0 Å². The first-order valence-electron chi connectivity index (χ1n) is 8.39. The molecule has 3 aliphatic rings. The van der Waals surface area contributed by atoms with Crippen LogP contribution in [0, 0.1) is 5.92 Å². The Labute approximate surface area is 126 Å². The van der Waals surface area contributed by atoms with E-state index in [4.69, 9.17) is 15.2 Å². The average molecular weight is 287 g/mol. The number of fused-ring (bicyclic) bond motifs is 1. The van der Waals surface area contributed by atoms with Gasteiger partial charge in [-0.3, -0.25) is 0 Å². The Hall–Kier alpha value is -1.06. The van der Waals surface area contributed by atoms with Gasteiger partial charge in [0.1, 0.15) is 5.75 Å². The Balaban J connectivity index is 1.51. The lowest BCUT2D eigenvalue weighted by molar-refractivity contribution is -0.0974. The van der Waals surface area contributed by atoms with Gasteiger partial charge in [0.05, 0.1) is 12.2 Å². The highest BCUT2D eigenvalue weighted by atomic mass is 16.5. The fraction of sp³-hybridized carbons (Fsp3) is 0.667. The molecule has 1 saturated heterocycles. The van der Waals surface area contributed by atoms with Gasteiger partial charge in [-0.1, -0.05) is 31.0 Å². The molecule has 114 valence electrons. The largest absolute Gasteiger partial charge is 0.493 e. The van der Waals surface area contributed by atoms with Crippen LogP contribution in [0.4, 0.5) is 0 Å². The summed E-state index contributed by atoms with van der Waals surface area (Å²) < 4.78 is 12.0. The van der Waals surface area contributed by atoms with Gasteiger partial charge in [0.15, 0.2) is 0 Å². The quantitative estimate of drug-likeness (QED) is 0.908. The number of ether oxygens (including phenoxy) is 2. The summed E-state index contributed by atoms with van der Waals surface area (Å²) in [4.78, 5) is 0. The third kappa shape index (κ3) is 2.36. The van der Waals surface area contributed by atoms with Gasteiger partial charge in [-0.2, -0.15) is 0 Å². The van der Waals surface area contributed by atoms with Crippen molar-refractivity contribution in [3.63, 3.8) is 0 Å². The third-order valence-electron chi connectivity index (χ3n) is 5.79. The second kappa shape index (κ2) is 5.29. The van der Waals surface area contributed by atoms with Crippen LogP contribution in [0.1, 0.15) is 50.0 Å². The highest BCUT2D eigenvalue weighted by Gasteiger charge is 2.43. The Kier molecular flexibility index (Phi) is 3.43. The zero-order valence-electron chi connectivity index (χ0n) is 12.6. The van der Waals surface area contributed by atoms with E-state index in [0.29, 0.717) is 11.8 Å². The molecule has 1 aromatic carbocycles. The molecule has 1 saturated carbocycles. The third-order valence-corrected chi connectivity index (χ3v) is 5.79. The van der Waals surface area contributed by atoms with Crippen molar-refractivity contribution in [2.75, 3.05) is 13.2 Å². The lowest BCUT2D eigenvalue weighted by Crippen LogP contribution is -2.46. The van der Waals surface area contributed by atoms with Gasteiger partial charge in [0, 0.05) is 24.1 Å². The minimum absolute atomic E-state index is 0.152. The number of rotatable bonds is 2. The van der Waals surface area contributed by atoms with Gasteiger partial charge < -0.3 is 15.2 Å². The molecule has 2 heterocycles. The van der Waals surface area contributed by atoms with E-state index >= 15 is 0 Å². The molecule has 1 spiro atoms. The van der Waals surface area contributed by atoms with E-state index in [9.17, 15) is 0 Å². The van der Waals surface area contributed by atoms with Gasteiger partial charge in [0.25, 0.3) is 0 Å². The molecule has 1 aromatic rings. The lowest BCUT2D eigenvalue weighted by Gasteiger charge is -2.41. The number of nitrogens with two attached hydrogens (primary N) is 1. The fourth-order valence-corrected chi connectivity index (χ4v) is 4.60. The molecule has 3 atom stereocenters. The first-order chi connectivity index (χ1) is 10.3. The monoisotopic (exact) mass is 287 g/mol. The van der Waals surface area contributed by atoms with Crippen molar-refractivity contribution < 1.29 is 9.47 Å². The predicted octanol–water partition coefficient (Wildman–Crippen LogP) is 3.23. The zero-order chi connectivity index (χ0) is 14.3. The van der Waals surface area contributed by atoms with Crippen molar-refractivity contribution in [1.29, 1.82) is 0 Å². The standard InChI is InChI=1S/C18H25NO2/c19-17(15-12-20-16-6-2-1-5-14(15)16)13-7-10-21-18(11-13)8-3-4-9-18/h1-2,5-6,13,15,17H,3-4,7-12,19H2. The molecular weight excluding hydrogens is 262 g/mol. The van der Waals surface area contributed by atoms with Crippen LogP contribution in [0.25, 0.3) is 0 Å². The van der Waals surface area contributed by atoms with Gasteiger partial charge in [-0.15, -0.1) is 0 Å². The van der Waals surface area contributed by atoms with Crippen molar-refractivity contribution in [2.24, 2.45) is 11.7 Å². The summed E-state index contributed by atoms with van der Waals surface area (Å²) >= 11 is 0. The van der Waals surface area contributed by atoms with E-state index in [1.54, 1.807) is 0 Å². The van der Waals surface area contributed by atoms with Crippen molar-refractivity contribution in [3.05, 3.63) is 29.8 Å². The number of hydrogen-bond donors (Lipinski definition) is 1. The topological polar surface area (TPSA) is 44.5 Å². The van der Waals surface area contributed by atoms with Gasteiger partial charge >= 0.3 is 0 Å². The summed E-state index contributed by atoms with van der Waals surface area (Å²) in [6, 6.07) is 8.56. The second-order valence-electron chi connectivity index (χ2n) is 7.02. The minimum atomic E-state index is 0.152. The van der Waals surface area contributed by atoms with Crippen LogP contribution in [0.15, 0.2) is 24.3 Å². The van der Waals surface area contributed by atoms with Crippen LogP contribution >= 0.6 is 0 Å². The Bertz CT molecular complexity index is 510. The predicted molar refractivity (Wildman–Crippen MR) is 82.5 cm³/mol. The molecule has 1 aliphatic carbocycles. The Morgan fingerprint density at radius 3 is 2.86 bits per heavy atom. The normalized spacial score (nSPS) is 31.9. The molecule has 0 aromatic heterocycles. The van der Waals surface area contributed by atoms with Crippen molar-refractivity contribution in [1.82, 2.24) is 0 Å². The van der Waals surface area contributed by atoms with Crippen LogP contribution < -0.4 is 10.5 Å². The summed E-state index contributed by atoms with van der Waals surface area (Å²) in [6.07, 6.45) is 7.34. The number of para-hydroxylation sites is 1. The molecule has 0 bridgehead atoms. The molecule has 0 radical (unpaired) electrons. The molecule has 3 heteroatoms. The molecule has 3 unspecified atom stereocenters. The van der Waals surface area contributed by atoms with E-state index in [0.717, 1.165) is 31.8 Å². The Morgan fingerprint density at radius 1 is 1.19 bits per heavy atom. The molecule has 0 amide bonds. The Morgan fingerprint density at radius 2 is 2.00 bits per heavy atom. The molecule has 2 fully saturated rings. The molecule has 3 nitrogen and oxygen atoms in total. The molecule has 2 N–H and O–H groups in total. The molecule has 2 aliphatic heterocycles. The van der Waals surface area contributed by atoms with Gasteiger partial charge in [0.2, 0.25) is 0 Å². The first kappa shape index (κ1) is 13.6. The maximum Gasteiger partial charge on any atom is 0.122 e. The second-order valence-corrected chi connectivity index (χ2v) is 7.02. The van der Waals surface area contributed by atoms with Gasteiger partial charge in [-0.25, -0.2) is 0 Å². The van der Waals surface area contributed by atoms with E-state index in [-0.39, 0.29) is 11.6 Å². The van der Waals surface area contributed by atoms with Crippen LogP contribution in [-0.4, -0.2) is 24.9 Å². The van der Waals surface area contributed by atoms with Crippen molar-refractivity contribution in [2.45, 2.75) is 56.1 Å². The summed E-state index contributed by atoms with van der Waals surface area (Å²) in [5.74, 6) is 1.94. The summed E-state index contributed by atoms with van der Waals surface area (Å²) in [5, 5.41) is 0. The van der Waals surface area contributed by atoms with Crippen molar-refractivity contribution in [3.8, 4) is 5.75 Å². The maximum atomic E-state index is 6.68. The minimum Gasteiger partial charge on any atom is -0.493 e. The maximum absolute atomic E-state index is 6.68. The first-order valence-corrected chi connectivity index (χ1v) is 8.39. The summed E-state index contributed by atoms with van der Waals surface area (Å²) in [7, 11) is 0. The highest BCUT2D eigenvalue weighted by Crippen LogP contribution is 2.45. The fourth-order valence-electron chi connectivity index (χ4n) is 4.60. The number of benzene rings is 1. The summed E-state index contributed by atoms with van der Waals surface area (Å²) in [5.41, 5.74) is 8.14. The number of hydrogen-bond acceptors (Lipinski definition) is 3. The summed E-state index contributed by atoms with van der Waals surface area (Å²) in [6.45, 7) is 1.62. The lowest BCUT2D eigenvalue weighted by atomic mass is 9.76. The molecule has 21 heavy (non-hydrogen) atoms. The average Bonchev–Trinajstić information content (AvgIpc) is 3.14. The molecular formula is C18H25NO2.